The van der Waals surface area contributed by atoms with E-state index in [1.165, 1.54) is 22.8 Å². The summed E-state index contributed by atoms with van der Waals surface area (Å²) in [5.74, 6) is 0.466. The fourth-order valence-electron chi connectivity index (χ4n) is 2.55. The van der Waals surface area contributed by atoms with Crippen molar-refractivity contribution in [2.45, 2.75) is 18.6 Å². The standard InChI is InChI=1S/C14H17N5O3S2/c1-10-12(3-2-4-13(10)19-9-15-17-18-19)16-14(20)7-23-11-5-6-24(21,22)8-11/h2-4,9,11H,5-8H2,1H3,(H,16,20). The molecule has 2 heterocycles. The zero-order valence-electron chi connectivity index (χ0n) is 13.0. The smallest absolute Gasteiger partial charge is 0.234 e. The van der Waals surface area contributed by atoms with Gasteiger partial charge in [0.25, 0.3) is 0 Å². The number of amides is 1. The zero-order chi connectivity index (χ0) is 17.2. The van der Waals surface area contributed by atoms with Crippen LogP contribution < -0.4 is 5.32 Å². The number of nitrogens with one attached hydrogen (secondary N) is 1. The summed E-state index contributed by atoms with van der Waals surface area (Å²) in [4.78, 5) is 12.2. The number of hydrogen-bond acceptors (Lipinski definition) is 7. The van der Waals surface area contributed by atoms with Gasteiger partial charge in [-0.05, 0) is 41.5 Å². The predicted molar refractivity (Wildman–Crippen MR) is 92.0 cm³/mol. The molecular weight excluding hydrogens is 350 g/mol. The van der Waals surface area contributed by atoms with E-state index < -0.39 is 9.84 Å². The van der Waals surface area contributed by atoms with Crippen molar-refractivity contribution in [1.82, 2.24) is 20.2 Å². The van der Waals surface area contributed by atoms with Crippen LogP contribution in [0.15, 0.2) is 24.5 Å². The average molecular weight is 367 g/mol. The number of carbonyl (C=O) groups is 1. The van der Waals surface area contributed by atoms with Gasteiger partial charge < -0.3 is 5.32 Å². The molecule has 1 fully saturated rings. The van der Waals surface area contributed by atoms with Crippen LogP contribution in [0, 0.1) is 6.92 Å². The maximum Gasteiger partial charge on any atom is 0.234 e. The van der Waals surface area contributed by atoms with Gasteiger partial charge in [-0.15, -0.1) is 16.9 Å². The lowest BCUT2D eigenvalue weighted by atomic mass is 10.1. The number of anilines is 1. The van der Waals surface area contributed by atoms with Gasteiger partial charge in [-0.1, -0.05) is 6.07 Å². The minimum atomic E-state index is -2.91. The first-order valence-electron chi connectivity index (χ1n) is 7.39. The lowest BCUT2D eigenvalue weighted by Gasteiger charge is -2.12. The first-order chi connectivity index (χ1) is 11.4. The summed E-state index contributed by atoms with van der Waals surface area (Å²) in [5.41, 5.74) is 2.33. The Bertz CT molecular complexity index is 836. The van der Waals surface area contributed by atoms with Crippen LogP contribution in [0.25, 0.3) is 5.69 Å². The highest BCUT2D eigenvalue weighted by Gasteiger charge is 2.28. The van der Waals surface area contributed by atoms with Crippen molar-refractivity contribution in [3.8, 4) is 5.69 Å². The second-order valence-corrected chi connectivity index (χ2v) is 9.11. The van der Waals surface area contributed by atoms with Crippen LogP contribution in [0.3, 0.4) is 0 Å². The molecular formula is C14H17N5O3S2. The lowest BCUT2D eigenvalue weighted by Crippen LogP contribution is -2.18. The molecule has 1 aromatic heterocycles. The van der Waals surface area contributed by atoms with Crippen LogP contribution >= 0.6 is 11.8 Å². The van der Waals surface area contributed by atoms with E-state index >= 15 is 0 Å². The third-order valence-corrected chi connectivity index (χ3v) is 7.10. The highest BCUT2D eigenvalue weighted by molar-refractivity contribution is 8.02. The summed E-state index contributed by atoms with van der Waals surface area (Å²) in [6.07, 6.45) is 2.11. The molecule has 0 aliphatic carbocycles. The van der Waals surface area contributed by atoms with Crippen LogP contribution in [0.2, 0.25) is 0 Å². The quantitative estimate of drug-likeness (QED) is 0.834. The number of benzene rings is 1. The summed E-state index contributed by atoms with van der Waals surface area (Å²) in [6, 6.07) is 5.49. The van der Waals surface area contributed by atoms with Crippen LogP contribution in [0.4, 0.5) is 5.69 Å². The summed E-state index contributed by atoms with van der Waals surface area (Å²) in [7, 11) is -2.91. The Balaban J connectivity index is 1.62. The number of carbonyl (C=O) groups excluding carboxylic acids is 1. The number of aromatic nitrogens is 4. The summed E-state index contributed by atoms with van der Waals surface area (Å²) in [5, 5.41) is 13.9. The molecule has 8 nitrogen and oxygen atoms in total. The number of hydrogen-bond donors (Lipinski definition) is 1. The van der Waals surface area contributed by atoms with Crippen molar-refractivity contribution >= 4 is 33.2 Å². The topological polar surface area (TPSA) is 107 Å². The Hall–Kier alpha value is -1.94. The van der Waals surface area contributed by atoms with E-state index in [2.05, 4.69) is 20.8 Å². The van der Waals surface area contributed by atoms with Crippen LogP contribution in [0.5, 0.6) is 0 Å². The van der Waals surface area contributed by atoms with Gasteiger partial charge in [-0.25, -0.2) is 13.1 Å². The second-order valence-electron chi connectivity index (χ2n) is 5.59. The molecule has 24 heavy (non-hydrogen) atoms. The molecule has 2 aromatic rings. The third kappa shape index (κ3) is 3.93. The third-order valence-electron chi connectivity index (χ3n) is 3.82. The van der Waals surface area contributed by atoms with Gasteiger partial charge in [0.15, 0.2) is 9.84 Å². The molecule has 0 spiro atoms. The molecule has 1 aliphatic heterocycles. The lowest BCUT2D eigenvalue weighted by molar-refractivity contribution is -0.113. The number of nitrogens with zero attached hydrogens (tertiary/aromatic N) is 4. The molecule has 10 heteroatoms. The molecule has 1 unspecified atom stereocenters. The summed E-state index contributed by atoms with van der Waals surface area (Å²) < 4.78 is 24.4. The number of thioether (sulfide) groups is 1. The van der Waals surface area contributed by atoms with Gasteiger partial charge in [0, 0.05) is 10.9 Å². The van der Waals surface area contributed by atoms with E-state index in [0.717, 1.165) is 11.3 Å². The predicted octanol–water partition coefficient (Wildman–Crippen LogP) is 0.830. The monoisotopic (exact) mass is 367 g/mol. The molecule has 3 rings (SSSR count). The minimum absolute atomic E-state index is 0.00871. The van der Waals surface area contributed by atoms with E-state index in [9.17, 15) is 13.2 Å². The van der Waals surface area contributed by atoms with Gasteiger partial charge in [0.1, 0.15) is 6.33 Å². The molecule has 1 amide bonds. The highest BCUT2D eigenvalue weighted by Crippen LogP contribution is 2.25. The van der Waals surface area contributed by atoms with Crippen LogP contribution in [0.1, 0.15) is 12.0 Å². The van der Waals surface area contributed by atoms with Crippen LogP contribution in [-0.2, 0) is 14.6 Å². The van der Waals surface area contributed by atoms with E-state index in [-0.39, 0.29) is 28.4 Å². The van der Waals surface area contributed by atoms with Gasteiger partial charge in [0.05, 0.1) is 22.9 Å². The molecule has 1 aliphatic rings. The Morgan fingerprint density at radius 1 is 1.46 bits per heavy atom. The van der Waals surface area contributed by atoms with E-state index in [4.69, 9.17) is 0 Å². The number of tetrazole rings is 1. The van der Waals surface area contributed by atoms with Crippen molar-refractivity contribution in [3.05, 3.63) is 30.1 Å². The maximum absolute atomic E-state index is 12.2. The Morgan fingerprint density at radius 2 is 2.29 bits per heavy atom. The molecule has 0 saturated carbocycles. The Labute approximate surface area is 143 Å². The summed E-state index contributed by atoms with van der Waals surface area (Å²) >= 11 is 1.39. The molecule has 1 atom stereocenters. The van der Waals surface area contributed by atoms with E-state index in [0.29, 0.717) is 12.1 Å². The van der Waals surface area contributed by atoms with Gasteiger partial charge in [0.2, 0.25) is 5.91 Å². The first kappa shape index (κ1) is 16.9. The Kier molecular flexibility index (Phi) is 4.86. The number of rotatable bonds is 5. The van der Waals surface area contributed by atoms with Crippen molar-refractivity contribution in [3.63, 3.8) is 0 Å². The number of sulfone groups is 1. The normalized spacial score (nSPS) is 19.3. The van der Waals surface area contributed by atoms with Gasteiger partial charge >= 0.3 is 0 Å². The van der Waals surface area contributed by atoms with Crippen molar-refractivity contribution in [1.29, 1.82) is 0 Å². The maximum atomic E-state index is 12.2. The minimum Gasteiger partial charge on any atom is -0.325 e. The van der Waals surface area contributed by atoms with Crippen molar-refractivity contribution in [2.24, 2.45) is 0 Å². The molecule has 1 saturated heterocycles. The molecule has 1 N–H and O–H groups in total. The second kappa shape index (κ2) is 6.89. The van der Waals surface area contributed by atoms with Crippen LogP contribution in [-0.4, -0.2) is 57.0 Å². The zero-order valence-corrected chi connectivity index (χ0v) is 14.7. The van der Waals surface area contributed by atoms with Crippen molar-refractivity contribution < 1.29 is 13.2 Å². The highest BCUT2D eigenvalue weighted by atomic mass is 32.2. The molecule has 0 bridgehead atoms. The Morgan fingerprint density at radius 3 is 2.96 bits per heavy atom. The first-order valence-corrected chi connectivity index (χ1v) is 10.3. The summed E-state index contributed by atoms with van der Waals surface area (Å²) in [6.45, 7) is 1.88. The van der Waals surface area contributed by atoms with Crippen molar-refractivity contribution in [2.75, 3.05) is 22.6 Å². The fraction of sp³-hybridized carbons (Fsp3) is 0.429. The largest absolute Gasteiger partial charge is 0.325 e. The average Bonchev–Trinajstić information content (AvgIpc) is 3.17. The molecule has 0 radical (unpaired) electrons. The van der Waals surface area contributed by atoms with E-state index in [1.807, 2.05) is 25.1 Å². The SMILES string of the molecule is Cc1c(NC(=O)CSC2CCS(=O)(=O)C2)cccc1-n1cnnn1. The van der Waals surface area contributed by atoms with E-state index in [1.54, 1.807) is 0 Å². The molecule has 1 aromatic carbocycles. The molecule has 128 valence electrons. The van der Waals surface area contributed by atoms with Gasteiger partial charge in [-0.2, -0.15) is 0 Å². The fourth-order valence-corrected chi connectivity index (χ4v) is 5.99. The van der Waals surface area contributed by atoms with Gasteiger partial charge in [-0.3, -0.25) is 4.79 Å².